The first-order valence-corrected chi connectivity index (χ1v) is 15.9. The maximum absolute atomic E-state index is 13.4. The van der Waals surface area contributed by atoms with E-state index < -0.39 is 31.8 Å². The van der Waals surface area contributed by atoms with Crippen molar-refractivity contribution in [3.8, 4) is 0 Å². The molecule has 0 aliphatic carbocycles. The third-order valence-corrected chi connectivity index (χ3v) is 10.6. The van der Waals surface area contributed by atoms with Gasteiger partial charge in [-0.3, -0.25) is 9.59 Å². The number of amides is 2. The van der Waals surface area contributed by atoms with Crippen LogP contribution in [0.4, 0.5) is 0 Å². The number of benzene rings is 2. The minimum Gasteiger partial charge on any atom is -0.333 e. The molecule has 2 aliphatic heterocycles. The van der Waals surface area contributed by atoms with Gasteiger partial charge in [0.2, 0.25) is 0 Å². The molecule has 2 heterocycles. The van der Waals surface area contributed by atoms with Gasteiger partial charge in [-0.15, -0.1) is 0 Å². The van der Waals surface area contributed by atoms with E-state index in [9.17, 15) is 26.4 Å². The second-order valence-electron chi connectivity index (χ2n) is 9.12. The molecular formula is C24H26Cl2N2O6S2. The highest BCUT2D eigenvalue weighted by Crippen LogP contribution is 2.24. The van der Waals surface area contributed by atoms with E-state index in [-0.39, 0.29) is 47.9 Å². The maximum Gasteiger partial charge on any atom is 0.254 e. The lowest BCUT2D eigenvalue weighted by Gasteiger charge is -2.34. The van der Waals surface area contributed by atoms with Crippen molar-refractivity contribution < 1.29 is 26.4 Å². The summed E-state index contributed by atoms with van der Waals surface area (Å²) < 4.78 is 48.8. The number of hydrogen-bond acceptors (Lipinski definition) is 6. The van der Waals surface area contributed by atoms with Crippen LogP contribution in [0.2, 0.25) is 10.0 Å². The Morgan fingerprint density at radius 2 is 1.00 bits per heavy atom. The van der Waals surface area contributed by atoms with E-state index in [0.29, 0.717) is 34.0 Å². The predicted octanol–water partition coefficient (Wildman–Crippen LogP) is 2.95. The summed E-state index contributed by atoms with van der Waals surface area (Å²) >= 11 is 11.9. The summed E-state index contributed by atoms with van der Waals surface area (Å²) in [6.07, 6.45) is 0.592. The van der Waals surface area contributed by atoms with Crippen LogP contribution in [-0.2, 0) is 19.7 Å². The Bertz CT molecular complexity index is 1240. The zero-order valence-corrected chi connectivity index (χ0v) is 22.5. The summed E-state index contributed by atoms with van der Waals surface area (Å²) in [7, 11) is -6.57. The summed E-state index contributed by atoms with van der Waals surface area (Å²) in [6, 6.07) is 11.5. The smallest absolute Gasteiger partial charge is 0.254 e. The Labute approximate surface area is 221 Å². The van der Waals surface area contributed by atoms with E-state index in [1.165, 1.54) is 9.80 Å². The second-order valence-corrected chi connectivity index (χ2v) is 14.5. The van der Waals surface area contributed by atoms with Gasteiger partial charge in [0.25, 0.3) is 11.8 Å². The van der Waals surface area contributed by atoms with Crippen molar-refractivity contribution in [2.45, 2.75) is 24.9 Å². The van der Waals surface area contributed by atoms with Crippen molar-refractivity contribution in [3.63, 3.8) is 0 Å². The standard InChI is InChI=1S/C24H26Cl2N2O6S2/c25-19-5-1-17(2-6-19)23(29)27(21-9-13-35(31,32)15-21)11-12-28(22-10-14-36(33,34)16-22)24(30)18-3-7-20(26)8-4-18/h1-8,21-22H,9-16H2. The molecule has 0 radical (unpaired) electrons. The molecule has 0 N–H and O–H groups in total. The molecule has 2 atom stereocenters. The topological polar surface area (TPSA) is 109 Å². The van der Waals surface area contributed by atoms with E-state index in [1.54, 1.807) is 48.5 Å². The van der Waals surface area contributed by atoms with Crippen LogP contribution in [0.1, 0.15) is 33.6 Å². The number of carbonyl (C=O) groups is 2. The highest BCUT2D eigenvalue weighted by Gasteiger charge is 2.38. The Morgan fingerprint density at radius 1 is 0.667 bits per heavy atom. The number of rotatable bonds is 7. The molecule has 8 nitrogen and oxygen atoms in total. The normalized spacial score (nSPS) is 22.3. The molecule has 36 heavy (non-hydrogen) atoms. The van der Waals surface area contributed by atoms with Gasteiger partial charge in [0.1, 0.15) is 0 Å². The van der Waals surface area contributed by atoms with Crippen LogP contribution in [0, 0.1) is 0 Å². The van der Waals surface area contributed by atoms with Crippen LogP contribution in [-0.4, -0.2) is 86.6 Å². The van der Waals surface area contributed by atoms with Crippen LogP contribution >= 0.6 is 23.2 Å². The first-order valence-electron chi connectivity index (χ1n) is 11.5. The largest absolute Gasteiger partial charge is 0.333 e. The highest BCUT2D eigenvalue weighted by molar-refractivity contribution is 7.91. The van der Waals surface area contributed by atoms with Crippen molar-refractivity contribution in [2.24, 2.45) is 0 Å². The van der Waals surface area contributed by atoms with E-state index in [2.05, 4.69) is 0 Å². The number of sulfone groups is 2. The number of carbonyl (C=O) groups excluding carboxylic acids is 2. The van der Waals surface area contributed by atoms with Crippen molar-refractivity contribution in [3.05, 3.63) is 69.7 Å². The predicted molar refractivity (Wildman–Crippen MR) is 139 cm³/mol. The average Bonchev–Trinajstić information content (AvgIpc) is 3.37. The Balaban J connectivity index is 1.61. The molecule has 2 fully saturated rings. The van der Waals surface area contributed by atoms with Gasteiger partial charge in [0.15, 0.2) is 19.7 Å². The van der Waals surface area contributed by atoms with Crippen LogP contribution in [0.25, 0.3) is 0 Å². The third kappa shape index (κ3) is 6.40. The van der Waals surface area contributed by atoms with Gasteiger partial charge >= 0.3 is 0 Å². The minimum atomic E-state index is -3.28. The molecule has 0 spiro atoms. The van der Waals surface area contributed by atoms with Crippen molar-refractivity contribution in [1.29, 1.82) is 0 Å². The fourth-order valence-electron chi connectivity index (χ4n) is 4.67. The Hall–Kier alpha value is -2.14. The highest BCUT2D eigenvalue weighted by atomic mass is 35.5. The van der Waals surface area contributed by atoms with Crippen molar-refractivity contribution in [2.75, 3.05) is 36.1 Å². The monoisotopic (exact) mass is 572 g/mol. The van der Waals surface area contributed by atoms with E-state index >= 15 is 0 Å². The van der Waals surface area contributed by atoms with Gasteiger partial charge in [-0.1, -0.05) is 23.2 Å². The number of hydrogen-bond donors (Lipinski definition) is 0. The molecule has 2 amide bonds. The summed E-state index contributed by atoms with van der Waals surface area (Å²) in [5, 5.41) is 0.924. The van der Waals surface area contributed by atoms with E-state index in [4.69, 9.17) is 23.2 Å². The van der Waals surface area contributed by atoms with Crippen LogP contribution in [0.15, 0.2) is 48.5 Å². The Kier molecular flexibility index (Phi) is 7.99. The van der Waals surface area contributed by atoms with Gasteiger partial charge < -0.3 is 9.80 Å². The molecule has 194 valence electrons. The quantitative estimate of drug-likeness (QED) is 0.504. The lowest BCUT2D eigenvalue weighted by Crippen LogP contribution is -2.49. The van der Waals surface area contributed by atoms with Crippen molar-refractivity contribution >= 4 is 54.7 Å². The van der Waals surface area contributed by atoms with Crippen LogP contribution < -0.4 is 0 Å². The second kappa shape index (κ2) is 10.7. The zero-order valence-electron chi connectivity index (χ0n) is 19.3. The zero-order chi connectivity index (χ0) is 26.1. The first kappa shape index (κ1) is 26.9. The average molecular weight is 574 g/mol. The molecule has 0 aromatic heterocycles. The number of nitrogens with zero attached hydrogens (tertiary/aromatic N) is 2. The molecule has 2 aromatic carbocycles. The van der Waals surface area contributed by atoms with Gasteiger partial charge in [-0.2, -0.15) is 0 Å². The summed E-state index contributed by atoms with van der Waals surface area (Å²) in [5.74, 6) is -1.09. The first-order chi connectivity index (χ1) is 16.9. The molecule has 2 saturated heterocycles. The summed E-state index contributed by atoms with van der Waals surface area (Å²) in [4.78, 5) is 29.9. The van der Waals surface area contributed by atoms with E-state index in [1.807, 2.05) is 0 Å². The number of halogens is 2. The maximum atomic E-state index is 13.4. The Morgan fingerprint density at radius 3 is 1.28 bits per heavy atom. The van der Waals surface area contributed by atoms with Crippen LogP contribution in [0.5, 0.6) is 0 Å². The molecule has 2 aliphatic rings. The SMILES string of the molecule is O=C(c1ccc(Cl)cc1)N(CCN(C(=O)c1ccc(Cl)cc1)C1CCS(=O)(=O)C1)C1CCS(=O)(=O)C1. The van der Waals surface area contributed by atoms with Gasteiger partial charge in [-0.25, -0.2) is 16.8 Å². The lowest BCUT2D eigenvalue weighted by molar-refractivity contribution is 0.0576. The fourth-order valence-corrected chi connectivity index (χ4v) is 8.39. The van der Waals surface area contributed by atoms with Gasteiger partial charge in [-0.05, 0) is 61.4 Å². The minimum absolute atomic E-state index is 0.0175. The molecule has 12 heteroatoms. The molecule has 0 bridgehead atoms. The summed E-state index contributed by atoms with van der Waals surface area (Å²) in [5.41, 5.74) is 0.699. The third-order valence-electron chi connectivity index (χ3n) is 6.58. The lowest BCUT2D eigenvalue weighted by atomic mass is 10.1. The van der Waals surface area contributed by atoms with E-state index in [0.717, 1.165) is 0 Å². The van der Waals surface area contributed by atoms with Crippen LogP contribution in [0.3, 0.4) is 0 Å². The molecule has 2 aromatic rings. The molecule has 2 unspecified atom stereocenters. The molecular weight excluding hydrogens is 547 g/mol. The summed E-state index contributed by atoms with van der Waals surface area (Å²) in [6.45, 7) is 0.106. The molecule has 4 rings (SSSR count). The van der Waals surface area contributed by atoms with Crippen molar-refractivity contribution in [1.82, 2.24) is 9.80 Å². The van der Waals surface area contributed by atoms with Gasteiger partial charge in [0, 0.05) is 46.3 Å². The molecule has 0 saturated carbocycles. The van der Waals surface area contributed by atoms with Gasteiger partial charge in [0.05, 0.1) is 23.0 Å². The fraction of sp³-hybridized carbons (Fsp3) is 0.417.